The van der Waals surface area contributed by atoms with Crippen LogP contribution in [0.25, 0.3) is 0 Å². The molecule has 0 aromatic heterocycles. The Kier molecular flexibility index (Phi) is 3.49. The van der Waals surface area contributed by atoms with E-state index in [1.807, 2.05) is 0 Å². The number of hydrogen-bond acceptors (Lipinski definition) is 5. The smallest absolute Gasteiger partial charge is 0.311 e. The van der Waals surface area contributed by atoms with Crippen molar-refractivity contribution in [3.8, 4) is 5.75 Å². The predicted molar refractivity (Wildman–Crippen MR) is 55.2 cm³/mol. The molecule has 0 spiro atoms. The molecule has 0 saturated heterocycles. The van der Waals surface area contributed by atoms with E-state index in [1.54, 1.807) is 0 Å². The number of azo groups is 1. The van der Waals surface area contributed by atoms with Gasteiger partial charge in [0, 0.05) is 11.6 Å². The number of nitro groups is 1. The number of phenolic OH excluding ortho intramolecular Hbond substituents is 1. The lowest BCUT2D eigenvalue weighted by atomic mass is 10.2. The van der Waals surface area contributed by atoms with E-state index in [1.165, 1.54) is 18.2 Å². The highest BCUT2D eigenvalue weighted by molar-refractivity contribution is 5.74. The van der Waals surface area contributed by atoms with Crippen molar-refractivity contribution in [2.24, 2.45) is 16.0 Å². The standard InChI is InChI=1S/C8H9N5O3/c9-8(10)12-11-4-5-2-1-3-6(7(5)14)13(15)16/h1-3,14H,4H2,(H3,9,10). The lowest BCUT2D eigenvalue weighted by Gasteiger charge is -2.00. The largest absolute Gasteiger partial charge is 0.502 e. The predicted octanol–water partition coefficient (Wildman–Crippen LogP) is 1.15. The number of nitrogens with two attached hydrogens (primary N) is 1. The van der Waals surface area contributed by atoms with Gasteiger partial charge in [-0.15, -0.1) is 5.11 Å². The van der Waals surface area contributed by atoms with Crippen LogP contribution in [0.15, 0.2) is 28.4 Å². The average Bonchev–Trinajstić information content (AvgIpc) is 2.19. The third-order valence-electron chi connectivity index (χ3n) is 1.71. The molecule has 0 heterocycles. The SMILES string of the molecule is N=C(N)N=NCc1cccc([N+](=O)[O-])c1O. The second-order valence-electron chi connectivity index (χ2n) is 2.83. The van der Waals surface area contributed by atoms with Crippen LogP contribution in [0, 0.1) is 15.5 Å². The Hall–Kier alpha value is -2.51. The Balaban J connectivity index is 2.93. The topological polar surface area (TPSA) is 138 Å². The second kappa shape index (κ2) is 4.82. The van der Waals surface area contributed by atoms with Crippen LogP contribution in [0.1, 0.15) is 5.56 Å². The van der Waals surface area contributed by atoms with Crippen molar-refractivity contribution in [2.75, 3.05) is 0 Å². The molecule has 1 aromatic rings. The summed E-state index contributed by atoms with van der Waals surface area (Å²) in [6.07, 6.45) is 0. The molecule has 1 rings (SSSR count). The van der Waals surface area contributed by atoms with E-state index < -0.39 is 22.3 Å². The van der Waals surface area contributed by atoms with Gasteiger partial charge in [-0.25, -0.2) is 0 Å². The molecule has 4 N–H and O–H groups in total. The average molecular weight is 223 g/mol. The molecule has 1 aromatic carbocycles. The Morgan fingerprint density at radius 1 is 1.62 bits per heavy atom. The lowest BCUT2D eigenvalue weighted by Crippen LogP contribution is -2.03. The third-order valence-corrected chi connectivity index (χ3v) is 1.71. The van der Waals surface area contributed by atoms with Crippen LogP contribution >= 0.6 is 0 Å². The minimum atomic E-state index is -0.694. The Morgan fingerprint density at radius 2 is 2.31 bits per heavy atom. The Labute approximate surface area is 90.1 Å². The van der Waals surface area contributed by atoms with E-state index in [-0.39, 0.29) is 12.1 Å². The van der Waals surface area contributed by atoms with Gasteiger partial charge in [0.15, 0.2) is 5.75 Å². The number of hydrogen-bond donors (Lipinski definition) is 3. The van der Waals surface area contributed by atoms with Crippen LogP contribution in [0.4, 0.5) is 5.69 Å². The van der Waals surface area contributed by atoms with Crippen molar-refractivity contribution >= 4 is 11.6 Å². The van der Waals surface area contributed by atoms with Crippen LogP contribution < -0.4 is 5.73 Å². The molecule has 0 aliphatic rings. The summed E-state index contributed by atoms with van der Waals surface area (Å²) in [5.74, 6) is -0.917. The number of nitrogens with zero attached hydrogens (tertiary/aromatic N) is 3. The molecular formula is C8H9N5O3. The number of benzene rings is 1. The first-order valence-electron chi connectivity index (χ1n) is 4.19. The summed E-state index contributed by atoms with van der Waals surface area (Å²) in [7, 11) is 0. The van der Waals surface area contributed by atoms with E-state index in [2.05, 4.69) is 10.2 Å². The summed E-state index contributed by atoms with van der Waals surface area (Å²) >= 11 is 0. The van der Waals surface area contributed by atoms with Crippen molar-refractivity contribution < 1.29 is 10.0 Å². The highest BCUT2D eigenvalue weighted by Gasteiger charge is 2.15. The molecule has 0 fully saturated rings. The molecule has 0 amide bonds. The fraction of sp³-hybridized carbons (Fsp3) is 0.125. The van der Waals surface area contributed by atoms with Gasteiger partial charge in [0.05, 0.1) is 11.5 Å². The highest BCUT2D eigenvalue weighted by atomic mass is 16.6. The zero-order valence-electron chi connectivity index (χ0n) is 8.12. The zero-order chi connectivity index (χ0) is 12.1. The van der Waals surface area contributed by atoms with Gasteiger partial charge in [0.2, 0.25) is 5.96 Å². The molecule has 0 atom stereocenters. The highest BCUT2D eigenvalue weighted by Crippen LogP contribution is 2.29. The molecule has 0 bridgehead atoms. The van der Waals surface area contributed by atoms with Crippen LogP contribution in [0.5, 0.6) is 5.75 Å². The summed E-state index contributed by atoms with van der Waals surface area (Å²) in [4.78, 5) is 9.80. The number of nitrogens with one attached hydrogen (secondary N) is 1. The Bertz CT molecular complexity index is 457. The number of guanidine groups is 1. The molecule has 16 heavy (non-hydrogen) atoms. The maximum Gasteiger partial charge on any atom is 0.311 e. The van der Waals surface area contributed by atoms with E-state index in [0.29, 0.717) is 0 Å². The van der Waals surface area contributed by atoms with Crippen LogP contribution in [-0.2, 0) is 6.54 Å². The molecule has 8 nitrogen and oxygen atoms in total. The van der Waals surface area contributed by atoms with Crippen molar-refractivity contribution in [2.45, 2.75) is 6.54 Å². The summed E-state index contributed by atoms with van der Waals surface area (Å²) in [6.45, 7) is -0.0763. The van der Waals surface area contributed by atoms with E-state index in [4.69, 9.17) is 11.1 Å². The van der Waals surface area contributed by atoms with Crippen LogP contribution in [-0.4, -0.2) is 16.0 Å². The van der Waals surface area contributed by atoms with Gasteiger partial charge >= 0.3 is 5.69 Å². The van der Waals surface area contributed by atoms with Crippen molar-refractivity contribution in [1.29, 1.82) is 5.41 Å². The molecule has 0 aliphatic heterocycles. The third kappa shape index (κ3) is 2.74. The first-order chi connectivity index (χ1) is 7.52. The molecule has 8 heteroatoms. The number of nitro benzene ring substituents is 1. The fourth-order valence-electron chi connectivity index (χ4n) is 1.04. The first-order valence-corrected chi connectivity index (χ1v) is 4.19. The van der Waals surface area contributed by atoms with Crippen molar-refractivity contribution in [3.63, 3.8) is 0 Å². The fourth-order valence-corrected chi connectivity index (χ4v) is 1.04. The van der Waals surface area contributed by atoms with E-state index >= 15 is 0 Å². The number of aromatic hydroxyl groups is 1. The van der Waals surface area contributed by atoms with Gasteiger partial charge in [0.25, 0.3) is 0 Å². The molecule has 0 unspecified atom stereocenters. The molecule has 0 saturated carbocycles. The van der Waals surface area contributed by atoms with Gasteiger partial charge in [-0.05, 0) is 0 Å². The van der Waals surface area contributed by atoms with Gasteiger partial charge in [-0.3, -0.25) is 15.5 Å². The number of rotatable bonds is 3. The normalized spacial score (nSPS) is 10.5. The summed E-state index contributed by atoms with van der Waals surface area (Å²) in [5, 5.41) is 33.5. The second-order valence-corrected chi connectivity index (χ2v) is 2.83. The summed E-state index contributed by atoms with van der Waals surface area (Å²) in [5.41, 5.74) is 4.78. The van der Waals surface area contributed by atoms with Gasteiger partial charge in [-0.2, -0.15) is 5.11 Å². The monoisotopic (exact) mass is 223 g/mol. The van der Waals surface area contributed by atoms with Gasteiger partial charge in [0.1, 0.15) is 0 Å². The Morgan fingerprint density at radius 3 is 2.88 bits per heavy atom. The molecule has 0 radical (unpaired) electrons. The minimum Gasteiger partial charge on any atom is -0.502 e. The van der Waals surface area contributed by atoms with Crippen molar-refractivity contribution in [1.82, 2.24) is 0 Å². The van der Waals surface area contributed by atoms with E-state index in [0.717, 1.165) is 0 Å². The van der Waals surface area contributed by atoms with E-state index in [9.17, 15) is 15.2 Å². The number of phenols is 1. The summed E-state index contributed by atoms with van der Waals surface area (Å²) < 4.78 is 0. The zero-order valence-corrected chi connectivity index (χ0v) is 8.12. The number of para-hydroxylation sites is 1. The minimum absolute atomic E-state index is 0.0763. The molecule has 0 aliphatic carbocycles. The van der Waals surface area contributed by atoms with Gasteiger partial charge in [-0.1, -0.05) is 12.1 Å². The maximum atomic E-state index is 10.5. The lowest BCUT2D eigenvalue weighted by molar-refractivity contribution is -0.385. The first kappa shape index (κ1) is 11.6. The molecule has 84 valence electrons. The van der Waals surface area contributed by atoms with Gasteiger partial charge < -0.3 is 10.8 Å². The van der Waals surface area contributed by atoms with Crippen molar-refractivity contribution in [3.05, 3.63) is 33.9 Å². The quantitative estimate of drug-likeness (QED) is 0.232. The van der Waals surface area contributed by atoms with Crippen LogP contribution in [0.2, 0.25) is 0 Å². The summed E-state index contributed by atoms with van der Waals surface area (Å²) in [6, 6.07) is 4.08. The van der Waals surface area contributed by atoms with Crippen LogP contribution in [0.3, 0.4) is 0 Å². The maximum absolute atomic E-state index is 10.5. The molecular weight excluding hydrogens is 214 g/mol.